The molecule has 1 aliphatic rings. The first-order valence-corrected chi connectivity index (χ1v) is 14.4. The summed E-state index contributed by atoms with van der Waals surface area (Å²) in [7, 11) is -2.97. The monoisotopic (exact) mass is 636 g/mol. The predicted molar refractivity (Wildman–Crippen MR) is 156 cm³/mol. The van der Waals surface area contributed by atoms with Gasteiger partial charge in [0.2, 0.25) is 11.5 Å². The van der Waals surface area contributed by atoms with Crippen LogP contribution in [0.2, 0.25) is 0 Å². The maximum atomic E-state index is 13.1. The quantitative estimate of drug-likeness (QED) is 0.0806. The molecule has 1 aromatic heterocycles. The second kappa shape index (κ2) is 13.3. The largest absolute Gasteiger partial charge is 0.575 e. The number of hydrogen-bond donors (Lipinski definition) is 4. The lowest BCUT2D eigenvalue weighted by molar-refractivity contribution is -0.169. The van der Waals surface area contributed by atoms with E-state index < -0.39 is 62.2 Å². The molecule has 4 N–H and O–H groups in total. The number of aliphatic hydroxyl groups excluding tert-OH is 2. The lowest BCUT2D eigenvalue weighted by atomic mass is 10.1. The van der Waals surface area contributed by atoms with Crippen LogP contribution in [-0.2, 0) is 16.0 Å². The smallest absolute Gasteiger partial charge is 0.395 e. The standard InChI is InChI=1S/C28H25N6O10P/c29-33-32-28(24(37)22(36)25(43-28)34-13-12-21(35)30-27(34)40)15-42-20-11-10-17-8-4-5-9-18(17)23(20)44-45(41)31-19(26(38)39)14-16-6-2-1-3-7-16/h1-13,19,22,24-25,36-37H,14-15H2,(H,38,39)(H,30,35,40)/t19-,22+,24-,25+,28+/m0/s1. The number of hydrogen-bond acceptors (Lipinski definition) is 11. The molecule has 17 heteroatoms. The summed E-state index contributed by atoms with van der Waals surface area (Å²) in [5.74, 6) is -1.48. The minimum absolute atomic E-state index is 0.0364. The number of ether oxygens (including phenoxy) is 2. The zero-order chi connectivity index (χ0) is 32.1. The summed E-state index contributed by atoms with van der Waals surface area (Å²) < 4.78 is 21.9. The maximum Gasteiger partial charge on any atom is 0.395 e. The first kappa shape index (κ1) is 31.3. The van der Waals surface area contributed by atoms with Gasteiger partial charge in [0.1, 0.15) is 18.8 Å². The Morgan fingerprint density at radius 3 is 2.58 bits per heavy atom. The number of rotatable bonds is 11. The van der Waals surface area contributed by atoms with E-state index in [0.29, 0.717) is 16.3 Å². The molecule has 3 aromatic carbocycles. The van der Waals surface area contributed by atoms with Gasteiger partial charge in [-0.2, -0.15) is 0 Å². The average molecular weight is 637 g/mol. The van der Waals surface area contributed by atoms with E-state index in [-0.39, 0.29) is 17.9 Å². The number of aliphatic hydroxyl groups is 2. The Morgan fingerprint density at radius 2 is 1.87 bits per heavy atom. The molecule has 5 rings (SSSR count). The molecule has 2 heterocycles. The van der Waals surface area contributed by atoms with Crippen molar-refractivity contribution in [2.75, 3.05) is 6.61 Å². The number of nitrogens with one attached hydrogen (secondary N) is 1. The average Bonchev–Trinajstić information content (AvgIpc) is 3.26. The van der Waals surface area contributed by atoms with Crippen molar-refractivity contribution < 1.29 is 39.0 Å². The summed E-state index contributed by atoms with van der Waals surface area (Å²) in [6.45, 7) is -0.738. The third-order valence-corrected chi connectivity index (χ3v) is 7.79. The van der Waals surface area contributed by atoms with Gasteiger partial charge in [-0.1, -0.05) is 70.5 Å². The Kier molecular flexibility index (Phi) is 9.25. The molecule has 1 unspecified atom stereocenters. The fraction of sp³-hybridized carbons (Fsp3) is 0.250. The van der Waals surface area contributed by atoms with Crippen molar-refractivity contribution in [1.82, 2.24) is 9.55 Å². The van der Waals surface area contributed by atoms with Gasteiger partial charge in [-0.05, 0) is 22.5 Å². The molecule has 16 nitrogen and oxygen atoms in total. The lowest BCUT2D eigenvalue weighted by Gasteiger charge is -2.27. The molecule has 0 spiro atoms. The van der Waals surface area contributed by atoms with E-state index in [2.05, 4.69) is 14.8 Å². The maximum absolute atomic E-state index is 13.1. The van der Waals surface area contributed by atoms with Gasteiger partial charge >= 0.3 is 19.8 Å². The van der Waals surface area contributed by atoms with Gasteiger partial charge in [0.05, 0.1) is 0 Å². The van der Waals surface area contributed by atoms with Gasteiger partial charge in [0.15, 0.2) is 18.0 Å². The van der Waals surface area contributed by atoms with Crippen molar-refractivity contribution >= 4 is 24.9 Å². The number of carboxylic acids is 1. The van der Waals surface area contributed by atoms with Crippen molar-refractivity contribution in [3.8, 4) is 11.5 Å². The van der Waals surface area contributed by atoms with E-state index in [1.807, 2.05) is 4.98 Å². The second-order valence-corrected chi connectivity index (χ2v) is 10.8. The summed E-state index contributed by atoms with van der Waals surface area (Å²) in [4.78, 5) is 53.5. The number of azide groups is 1. The Hall–Kier alpha value is -5.08. The van der Waals surface area contributed by atoms with E-state index in [4.69, 9.17) is 14.0 Å². The summed E-state index contributed by atoms with van der Waals surface area (Å²) in [6, 6.07) is 18.1. The van der Waals surface area contributed by atoms with Crippen molar-refractivity contribution in [1.29, 1.82) is 0 Å². The molecule has 4 aromatic rings. The van der Waals surface area contributed by atoms with Crippen molar-refractivity contribution in [3.05, 3.63) is 116 Å². The van der Waals surface area contributed by atoms with E-state index in [0.717, 1.165) is 16.8 Å². The first-order valence-electron chi connectivity index (χ1n) is 13.3. The molecule has 0 amide bonds. The molecule has 0 radical (unpaired) electrons. The number of fused-ring (bicyclic) bond motifs is 1. The molecule has 6 atom stereocenters. The van der Waals surface area contributed by atoms with Crippen molar-refractivity contribution in [2.45, 2.75) is 36.6 Å². The van der Waals surface area contributed by atoms with E-state index in [9.17, 15) is 40.1 Å². The summed E-state index contributed by atoms with van der Waals surface area (Å²) in [5.41, 5.74) is 5.99. The number of carbonyl (C=O) groups is 1. The third-order valence-electron chi connectivity index (χ3n) is 6.98. The molecule has 232 valence electrons. The highest BCUT2D eigenvalue weighted by molar-refractivity contribution is 7.34. The minimum atomic E-state index is -2.97. The molecule has 0 bridgehead atoms. The molecule has 45 heavy (non-hydrogen) atoms. The van der Waals surface area contributed by atoms with Crippen LogP contribution in [0, 0.1) is 0 Å². The Labute approximate surface area is 254 Å². The normalized spacial score (nSPS) is 22.0. The van der Waals surface area contributed by atoms with Crippen LogP contribution < -0.4 is 25.4 Å². The van der Waals surface area contributed by atoms with Crippen molar-refractivity contribution in [2.24, 2.45) is 9.86 Å². The van der Waals surface area contributed by atoms with Gasteiger partial charge in [0, 0.05) is 29.0 Å². The van der Waals surface area contributed by atoms with Crippen LogP contribution in [0.25, 0.3) is 21.2 Å². The molecule has 1 aliphatic heterocycles. The number of benzene rings is 3. The molecule has 0 saturated carbocycles. The highest BCUT2D eigenvalue weighted by Crippen LogP contribution is 2.43. The second-order valence-electron chi connectivity index (χ2n) is 9.89. The number of aromatic amines is 1. The highest BCUT2D eigenvalue weighted by atomic mass is 31.1. The zero-order valence-corrected chi connectivity index (χ0v) is 24.0. The zero-order valence-electron chi connectivity index (χ0n) is 23.1. The van der Waals surface area contributed by atoms with Gasteiger partial charge in [-0.3, -0.25) is 18.9 Å². The molecular weight excluding hydrogens is 611 g/mol. The van der Waals surface area contributed by atoms with Crippen LogP contribution in [0.3, 0.4) is 0 Å². The SMILES string of the molecule is [N-]=[N+]=N[C@]1(COc2ccc3ccccc3c2O[P+]([O-])=N[C@@H](Cc2ccccc2)C(=O)O)O[C@@H](n2ccc(=O)[nH]c2=O)[C@H](O)[C@@H]1O. The first-order chi connectivity index (χ1) is 21.6. The van der Waals surface area contributed by atoms with Crippen LogP contribution in [0.4, 0.5) is 0 Å². The van der Waals surface area contributed by atoms with E-state index >= 15 is 0 Å². The highest BCUT2D eigenvalue weighted by Gasteiger charge is 2.56. The number of carboxylic acid groups (broad SMARTS) is 1. The van der Waals surface area contributed by atoms with Crippen molar-refractivity contribution in [3.63, 3.8) is 0 Å². The predicted octanol–water partition coefficient (Wildman–Crippen LogP) is 1.96. The number of aromatic nitrogens is 2. The molecule has 1 fully saturated rings. The van der Waals surface area contributed by atoms with E-state index in [1.54, 1.807) is 60.7 Å². The van der Waals surface area contributed by atoms with Gasteiger partial charge in [0.25, 0.3) is 5.56 Å². The van der Waals surface area contributed by atoms with Crippen LogP contribution in [0.5, 0.6) is 11.5 Å². The van der Waals surface area contributed by atoms with E-state index in [1.165, 1.54) is 6.07 Å². The number of nitrogens with zero attached hydrogens (tertiary/aromatic N) is 5. The summed E-state index contributed by atoms with van der Waals surface area (Å²) in [6.07, 6.45) is -4.31. The van der Waals surface area contributed by atoms with Gasteiger partial charge in [-0.15, -0.1) is 0 Å². The molecule has 0 aliphatic carbocycles. The molecular formula is C28H25N6O10P. The Morgan fingerprint density at radius 1 is 1.13 bits per heavy atom. The molecule has 1 saturated heterocycles. The van der Waals surface area contributed by atoms with Crippen LogP contribution in [0.1, 0.15) is 11.8 Å². The Bertz CT molecular complexity index is 1910. The van der Waals surface area contributed by atoms with Crippen LogP contribution in [-0.4, -0.2) is 61.4 Å². The third kappa shape index (κ3) is 6.71. The van der Waals surface area contributed by atoms with Crippen LogP contribution in [0.15, 0.2) is 98.4 Å². The number of H-pyrrole nitrogens is 1. The fourth-order valence-corrected chi connectivity index (χ4v) is 5.57. The summed E-state index contributed by atoms with van der Waals surface area (Å²) >= 11 is 0. The summed E-state index contributed by atoms with van der Waals surface area (Å²) in [5, 5.41) is 35.9. The van der Waals surface area contributed by atoms with Gasteiger partial charge in [-0.25, -0.2) is 9.59 Å². The van der Waals surface area contributed by atoms with Crippen LogP contribution >= 0.6 is 8.17 Å². The number of aliphatic carboxylic acids is 1. The fourth-order valence-electron chi connectivity index (χ4n) is 4.77. The lowest BCUT2D eigenvalue weighted by Crippen LogP contribution is -2.46. The van der Waals surface area contributed by atoms with Gasteiger partial charge < -0.3 is 29.7 Å². The topological polar surface area (TPSA) is 244 Å². The Balaban J connectivity index is 1.46. The minimum Gasteiger partial charge on any atom is -0.575 e.